The summed E-state index contributed by atoms with van der Waals surface area (Å²) in [5, 5.41) is 43.0. The molecular formula is C31H59NO5. The van der Waals surface area contributed by atoms with Crippen molar-refractivity contribution in [3.8, 4) is 0 Å². The fraction of sp³-hybridized carbons (Fsp3) is 0.839. The fourth-order valence-corrected chi connectivity index (χ4v) is 4.36. The molecule has 37 heavy (non-hydrogen) atoms. The molecule has 0 aliphatic carbocycles. The minimum Gasteiger partial charge on any atom is -0.394 e. The van der Waals surface area contributed by atoms with Gasteiger partial charge in [-0.15, -0.1) is 0 Å². The summed E-state index contributed by atoms with van der Waals surface area (Å²) in [5.41, 5.74) is 0. The zero-order chi connectivity index (χ0) is 27.6. The van der Waals surface area contributed by atoms with Crippen LogP contribution in [0.4, 0.5) is 0 Å². The highest BCUT2D eigenvalue weighted by molar-refractivity contribution is 5.80. The number of carbonyl (C=O) groups is 1. The second-order valence-electron chi connectivity index (χ2n) is 10.4. The van der Waals surface area contributed by atoms with Gasteiger partial charge in [0, 0.05) is 0 Å². The summed E-state index contributed by atoms with van der Waals surface area (Å²) in [7, 11) is 0. The van der Waals surface area contributed by atoms with Gasteiger partial charge >= 0.3 is 0 Å². The van der Waals surface area contributed by atoms with Crippen molar-refractivity contribution in [2.45, 2.75) is 160 Å². The summed E-state index contributed by atoms with van der Waals surface area (Å²) in [4.78, 5) is 12.3. The molecule has 0 aliphatic rings. The van der Waals surface area contributed by atoms with E-state index in [9.17, 15) is 25.2 Å². The van der Waals surface area contributed by atoms with E-state index in [2.05, 4.69) is 43.5 Å². The van der Waals surface area contributed by atoms with Crippen molar-refractivity contribution in [3.05, 3.63) is 24.3 Å². The summed E-state index contributed by atoms with van der Waals surface area (Å²) in [6.07, 6.45) is 24.9. The molecule has 0 saturated heterocycles. The molecule has 4 atom stereocenters. The molecule has 0 aromatic rings. The second-order valence-corrected chi connectivity index (χ2v) is 10.4. The zero-order valence-electron chi connectivity index (χ0n) is 24.0. The van der Waals surface area contributed by atoms with Gasteiger partial charge < -0.3 is 25.7 Å². The Morgan fingerprint density at radius 2 is 1.14 bits per heavy atom. The zero-order valence-corrected chi connectivity index (χ0v) is 24.0. The van der Waals surface area contributed by atoms with E-state index in [0.717, 1.165) is 44.9 Å². The van der Waals surface area contributed by atoms with E-state index >= 15 is 0 Å². The van der Waals surface area contributed by atoms with Crippen molar-refractivity contribution < 1.29 is 25.2 Å². The van der Waals surface area contributed by atoms with Gasteiger partial charge in [0.25, 0.3) is 0 Å². The Kier molecular flexibility index (Phi) is 25.5. The number of carbonyl (C=O) groups excluding carboxylic acids is 1. The van der Waals surface area contributed by atoms with Crippen LogP contribution in [-0.2, 0) is 4.79 Å². The lowest BCUT2D eigenvalue weighted by Crippen LogP contribution is -2.53. The number of aliphatic hydroxyl groups is 4. The molecular weight excluding hydrogens is 466 g/mol. The molecule has 0 fully saturated rings. The standard InChI is InChI=1S/C31H59NO5/c1-3-5-7-9-11-13-14-15-17-18-20-22-24-28(34)30(36)27(26-33)32-31(37)29(35)25-23-21-19-16-12-10-8-6-4-2/h11,13,17-18,27-30,33-36H,3-10,12,14-16,19-26H2,1-2H3,(H,32,37)/b13-11+,18-17+. The fourth-order valence-electron chi connectivity index (χ4n) is 4.36. The highest BCUT2D eigenvalue weighted by Gasteiger charge is 2.28. The van der Waals surface area contributed by atoms with Crippen LogP contribution in [0.15, 0.2) is 24.3 Å². The van der Waals surface area contributed by atoms with Crippen molar-refractivity contribution in [3.63, 3.8) is 0 Å². The number of aliphatic hydroxyl groups excluding tert-OH is 4. The molecule has 0 spiro atoms. The van der Waals surface area contributed by atoms with Crippen LogP contribution in [0.1, 0.15) is 136 Å². The average molecular weight is 526 g/mol. The number of allylic oxidation sites excluding steroid dienone is 4. The largest absolute Gasteiger partial charge is 0.394 e. The number of rotatable bonds is 26. The van der Waals surface area contributed by atoms with Crippen molar-refractivity contribution >= 4 is 5.91 Å². The van der Waals surface area contributed by atoms with Gasteiger partial charge in [0.05, 0.1) is 18.8 Å². The van der Waals surface area contributed by atoms with E-state index in [4.69, 9.17) is 0 Å². The molecule has 0 saturated carbocycles. The van der Waals surface area contributed by atoms with Crippen LogP contribution in [-0.4, -0.2) is 57.3 Å². The van der Waals surface area contributed by atoms with E-state index in [1.165, 1.54) is 57.8 Å². The van der Waals surface area contributed by atoms with Gasteiger partial charge in [0.1, 0.15) is 12.2 Å². The predicted octanol–water partition coefficient (Wildman–Crippen LogP) is 6.11. The van der Waals surface area contributed by atoms with Crippen LogP contribution in [0.3, 0.4) is 0 Å². The molecule has 6 heteroatoms. The Morgan fingerprint density at radius 3 is 1.70 bits per heavy atom. The van der Waals surface area contributed by atoms with E-state index < -0.39 is 36.9 Å². The van der Waals surface area contributed by atoms with Crippen LogP contribution in [0.2, 0.25) is 0 Å². The predicted molar refractivity (Wildman–Crippen MR) is 154 cm³/mol. The van der Waals surface area contributed by atoms with E-state index in [1.54, 1.807) is 0 Å². The van der Waals surface area contributed by atoms with Gasteiger partial charge in [0.15, 0.2) is 0 Å². The quantitative estimate of drug-likeness (QED) is 0.0691. The molecule has 218 valence electrons. The molecule has 4 unspecified atom stereocenters. The van der Waals surface area contributed by atoms with Gasteiger partial charge in [-0.05, 0) is 51.4 Å². The Hall–Kier alpha value is -1.21. The van der Waals surface area contributed by atoms with Gasteiger partial charge in [-0.25, -0.2) is 0 Å². The van der Waals surface area contributed by atoms with Crippen molar-refractivity contribution in [1.82, 2.24) is 5.32 Å². The maximum atomic E-state index is 12.3. The molecule has 0 aromatic carbocycles. The molecule has 0 aliphatic heterocycles. The summed E-state index contributed by atoms with van der Waals surface area (Å²) in [5.74, 6) is -0.604. The van der Waals surface area contributed by atoms with Crippen LogP contribution < -0.4 is 5.32 Å². The first-order valence-electron chi connectivity index (χ1n) is 15.2. The third-order valence-corrected chi connectivity index (χ3v) is 6.89. The Bertz CT molecular complexity index is 566. The molecule has 6 nitrogen and oxygen atoms in total. The topological polar surface area (TPSA) is 110 Å². The maximum absolute atomic E-state index is 12.3. The lowest BCUT2D eigenvalue weighted by Gasteiger charge is -2.27. The monoisotopic (exact) mass is 525 g/mol. The minimum atomic E-state index is -1.28. The second kappa shape index (κ2) is 26.4. The number of amides is 1. The third-order valence-electron chi connectivity index (χ3n) is 6.89. The van der Waals surface area contributed by atoms with Gasteiger partial charge in [0.2, 0.25) is 5.91 Å². The third kappa shape index (κ3) is 21.4. The van der Waals surface area contributed by atoms with E-state index in [1.807, 2.05) is 0 Å². The van der Waals surface area contributed by atoms with Gasteiger partial charge in [-0.1, -0.05) is 109 Å². The first kappa shape index (κ1) is 35.8. The molecule has 0 rings (SSSR count). The molecule has 0 aromatic heterocycles. The molecule has 0 radical (unpaired) electrons. The number of nitrogens with one attached hydrogen (secondary N) is 1. The van der Waals surface area contributed by atoms with Crippen LogP contribution in [0.5, 0.6) is 0 Å². The van der Waals surface area contributed by atoms with Crippen LogP contribution >= 0.6 is 0 Å². The van der Waals surface area contributed by atoms with Gasteiger partial charge in [-0.2, -0.15) is 0 Å². The van der Waals surface area contributed by atoms with Crippen molar-refractivity contribution in [1.29, 1.82) is 0 Å². The number of hydrogen-bond acceptors (Lipinski definition) is 5. The first-order valence-corrected chi connectivity index (χ1v) is 15.2. The summed E-state index contributed by atoms with van der Waals surface area (Å²) in [6, 6.07) is -1.00. The lowest BCUT2D eigenvalue weighted by atomic mass is 10.00. The van der Waals surface area contributed by atoms with E-state index in [0.29, 0.717) is 19.3 Å². The molecule has 1 amide bonds. The lowest BCUT2D eigenvalue weighted by molar-refractivity contribution is -0.132. The highest BCUT2D eigenvalue weighted by Crippen LogP contribution is 2.13. The smallest absolute Gasteiger partial charge is 0.249 e. The normalized spacial score (nSPS) is 15.3. The van der Waals surface area contributed by atoms with Crippen molar-refractivity contribution in [2.24, 2.45) is 0 Å². The molecule has 0 heterocycles. The maximum Gasteiger partial charge on any atom is 0.249 e. The van der Waals surface area contributed by atoms with Gasteiger partial charge in [-0.3, -0.25) is 4.79 Å². The summed E-state index contributed by atoms with van der Waals surface area (Å²) >= 11 is 0. The van der Waals surface area contributed by atoms with Crippen LogP contribution in [0, 0.1) is 0 Å². The molecule has 5 N–H and O–H groups in total. The highest BCUT2D eigenvalue weighted by atomic mass is 16.3. The van der Waals surface area contributed by atoms with Crippen LogP contribution in [0.25, 0.3) is 0 Å². The summed E-state index contributed by atoms with van der Waals surface area (Å²) < 4.78 is 0. The number of unbranched alkanes of at least 4 members (excludes halogenated alkanes) is 13. The Morgan fingerprint density at radius 1 is 0.649 bits per heavy atom. The molecule has 0 bridgehead atoms. The van der Waals surface area contributed by atoms with Crippen molar-refractivity contribution in [2.75, 3.05) is 6.61 Å². The number of hydrogen-bond donors (Lipinski definition) is 5. The Balaban J connectivity index is 4.01. The average Bonchev–Trinajstić information content (AvgIpc) is 2.90. The Labute approximate surface area is 227 Å². The minimum absolute atomic E-state index is 0.361. The summed E-state index contributed by atoms with van der Waals surface area (Å²) in [6.45, 7) is 3.92. The first-order chi connectivity index (χ1) is 18.0. The SMILES string of the molecule is CCCCC/C=C/CC/C=C/CCCC(O)C(O)C(CO)NC(=O)C(O)CCCCCCCCCCC. The van der Waals surface area contributed by atoms with E-state index in [-0.39, 0.29) is 0 Å².